The van der Waals surface area contributed by atoms with Crippen LogP contribution in [0.3, 0.4) is 0 Å². The zero-order valence-electron chi connectivity index (χ0n) is 7.44. The Kier molecular flexibility index (Phi) is 3.06. The van der Waals surface area contributed by atoms with Gasteiger partial charge in [-0.3, -0.25) is 0 Å². The quantitative estimate of drug-likeness (QED) is 0.601. The lowest BCUT2D eigenvalue weighted by Gasteiger charge is -2.34. The zero-order valence-corrected chi connectivity index (χ0v) is 7.44. The van der Waals surface area contributed by atoms with Gasteiger partial charge in [0.05, 0.1) is 0 Å². The van der Waals surface area contributed by atoms with E-state index in [9.17, 15) is 9.18 Å². The lowest BCUT2D eigenvalue weighted by atomic mass is 9.83. The van der Waals surface area contributed by atoms with Crippen LogP contribution < -0.4 is 0 Å². The smallest absolute Gasteiger partial charge is 0.434 e. The molecule has 12 heavy (non-hydrogen) atoms. The van der Waals surface area contributed by atoms with Crippen LogP contribution in [0.5, 0.6) is 0 Å². The van der Waals surface area contributed by atoms with Crippen molar-refractivity contribution >= 4 is 6.22 Å². The second-order valence-electron chi connectivity index (χ2n) is 3.44. The molecule has 1 fully saturated rings. The van der Waals surface area contributed by atoms with Crippen molar-refractivity contribution in [2.45, 2.75) is 51.0 Å². The number of halogens is 1. The molecule has 1 aliphatic rings. The van der Waals surface area contributed by atoms with E-state index >= 15 is 0 Å². The van der Waals surface area contributed by atoms with Crippen LogP contribution in [0.15, 0.2) is 0 Å². The summed E-state index contributed by atoms with van der Waals surface area (Å²) in [6.45, 7) is 1.94. The molecule has 0 aromatic carbocycles. The van der Waals surface area contributed by atoms with Gasteiger partial charge in [-0.1, -0.05) is 13.3 Å². The van der Waals surface area contributed by atoms with Gasteiger partial charge in [0.1, 0.15) is 5.60 Å². The maximum atomic E-state index is 12.1. The number of carbonyl (C=O) groups excluding carboxylic acids is 1. The van der Waals surface area contributed by atoms with Gasteiger partial charge in [0, 0.05) is 0 Å². The standard InChI is InChI=1S/C9H15FO2/c1-2-9(12-8(10)11)6-4-3-5-7-9/h2-7H2,1H3. The Hall–Kier alpha value is -0.600. The fourth-order valence-corrected chi connectivity index (χ4v) is 1.89. The van der Waals surface area contributed by atoms with Crippen molar-refractivity contribution in [3.63, 3.8) is 0 Å². The summed E-state index contributed by atoms with van der Waals surface area (Å²) in [5.74, 6) is 0. The maximum absolute atomic E-state index is 12.1. The lowest BCUT2D eigenvalue weighted by molar-refractivity contribution is -0.0312. The SMILES string of the molecule is CCC1(OC(=O)F)CCCCC1. The molecule has 0 bridgehead atoms. The van der Waals surface area contributed by atoms with E-state index in [1.807, 2.05) is 6.92 Å². The van der Waals surface area contributed by atoms with Crippen molar-refractivity contribution in [3.05, 3.63) is 0 Å². The molecule has 0 aliphatic heterocycles. The Balaban J connectivity index is 2.53. The summed E-state index contributed by atoms with van der Waals surface area (Å²) >= 11 is 0. The van der Waals surface area contributed by atoms with Crippen molar-refractivity contribution in [2.24, 2.45) is 0 Å². The third-order valence-corrected chi connectivity index (χ3v) is 2.71. The molecule has 0 atom stereocenters. The topological polar surface area (TPSA) is 26.3 Å². The molecule has 3 heteroatoms. The molecular weight excluding hydrogens is 159 g/mol. The molecular formula is C9H15FO2. The first-order chi connectivity index (χ1) is 5.68. The van der Waals surface area contributed by atoms with Crippen LogP contribution in [-0.4, -0.2) is 11.8 Å². The van der Waals surface area contributed by atoms with Gasteiger partial charge in [0.25, 0.3) is 0 Å². The van der Waals surface area contributed by atoms with Crippen LogP contribution >= 0.6 is 0 Å². The van der Waals surface area contributed by atoms with Crippen molar-refractivity contribution in [1.29, 1.82) is 0 Å². The van der Waals surface area contributed by atoms with E-state index < -0.39 is 11.8 Å². The Morgan fingerprint density at radius 3 is 2.42 bits per heavy atom. The van der Waals surface area contributed by atoms with Crippen LogP contribution in [0.2, 0.25) is 0 Å². The predicted octanol–water partition coefficient (Wildman–Crippen LogP) is 3.21. The Bertz CT molecular complexity index is 162. The summed E-state index contributed by atoms with van der Waals surface area (Å²) < 4.78 is 16.8. The van der Waals surface area contributed by atoms with Crippen LogP contribution in [0.4, 0.5) is 9.18 Å². The first-order valence-corrected chi connectivity index (χ1v) is 4.57. The summed E-state index contributed by atoms with van der Waals surface area (Å²) in [5, 5.41) is 0. The van der Waals surface area contributed by atoms with Gasteiger partial charge in [0.15, 0.2) is 0 Å². The Labute approximate surface area is 72.1 Å². The monoisotopic (exact) mass is 174 g/mol. The highest BCUT2D eigenvalue weighted by Gasteiger charge is 2.34. The molecule has 0 N–H and O–H groups in total. The van der Waals surface area contributed by atoms with E-state index in [0.29, 0.717) is 0 Å². The van der Waals surface area contributed by atoms with Crippen LogP contribution in [0.1, 0.15) is 45.4 Å². The van der Waals surface area contributed by atoms with E-state index in [2.05, 4.69) is 0 Å². The molecule has 1 rings (SSSR count). The van der Waals surface area contributed by atoms with Gasteiger partial charge in [-0.05, 0) is 32.1 Å². The minimum Gasteiger partial charge on any atom is -0.434 e. The van der Waals surface area contributed by atoms with Crippen molar-refractivity contribution in [1.82, 2.24) is 0 Å². The largest absolute Gasteiger partial charge is 0.495 e. The maximum Gasteiger partial charge on any atom is 0.495 e. The number of ether oxygens (including phenoxy) is 1. The van der Waals surface area contributed by atoms with Gasteiger partial charge >= 0.3 is 6.22 Å². The second kappa shape index (κ2) is 3.87. The molecule has 1 aliphatic carbocycles. The second-order valence-corrected chi connectivity index (χ2v) is 3.44. The third-order valence-electron chi connectivity index (χ3n) is 2.71. The summed E-state index contributed by atoms with van der Waals surface area (Å²) in [7, 11) is 0. The van der Waals surface area contributed by atoms with Crippen LogP contribution in [0, 0.1) is 0 Å². The van der Waals surface area contributed by atoms with Crippen LogP contribution in [-0.2, 0) is 4.74 Å². The molecule has 0 spiro atoms. The minimum absolute atomic E-state index is 0.482. The van der Waals surface area contributed by atoms with Gasteiger partial charge in [0.2, 0.25) is 0 Å². The molecule has 0 saturated heterocycles. The van der Waals surface area contributed by atoms with E-state index in [4.69, 9.17) is 4.74 Å². The van der Waals surface area contributed by atoms with Gasteiger partial charge in [-0.15, -0.1) is 4.39 Å². The average Bonchev–Trinajstić information content (AvgIpc) is 2.05. The fraction of sp³-hybridized carbons (Fsp3) is 0.889. The van der Waals surface area contributed by atoms with Gasteiger partial charge < -0.3 is 4.74 Å². The van der Waals surface area contributed by atoms with Crippen molar-refractivity contribution in [3.8, 4) is 0 Å². The Morgan fingerprint density at radius 2 is 2.00 bits per heavy atom. The highest BCUT2D eigenvalue weighted by Crippen LogP contribution is 2.34. The van der Waals surface area contributed by atoms with E-state index in [-0.39, 0.29) is 0 Å². The molecule has 0 unspecified atom stereocenters. The molecule has 0 aromatic rings. The predicted molar refractivity (Wildman–Crippen MR) is 43.7 cm³/mol. The van der Waals surface area contributed by atoms with Crippen LogP contribution in [0.25, 0.3) is 0 Å². The van der Waals surface area contributed by atoms with Crippen molar-refractivity contribution in [2.75, 3.05) is 0 Å². The van der Waals surface area contributed by atoms with E-state index in [0.717, 1.165) is 32.1 Å². The van der Waals surface area contributed by atoms with Crippen molar-refractivity contribution < 1.29 is 13.9 Å². The summed E-state index contributed by atoms with van der Waals surface area (Å²) in [6.07, 6.45) is 3.99. The molecule has 0 heterocycles. The van der Waals surface area contributed by atoms with Gasteiger partial charge in [-0.2, -0.15) is 0 Å². The average molecular weight is 174 g/mol. The van der Waals surface area contributed by atoms with E-state index in [1.54, 1.807) is 0 Å². The molecule has 0 amide bonds. The first-order valence-electron chi connectivity index (χ1n) is 4.57. The zero-order chi connectivity index (χ0) is 9.03. The number of rotatable bonds is 2. The molecule has 70 valence electrons. The molecule has 1 saturated carbocycles. The number of carbonyl (C=O) groups is 1. The Morgan fingerprint density at radius 1 is 1.42 bits per heavy atom. The number of hydrogen-bond acceptors (Lipinski definition) is 2. The summed E-state index contributed by atoms with van der Waals surface area (Å²) in [5.41, 5.74) is -0.482. The summed E-state index contributed by atoms with van der Waals surface area (Å²) in [4.78, 5) is 10.2. The molecule has 0 radical (unpaired) electrons. The fourth-order valence-electron chi connectivity index (χ4n) is 1.89. The third kappa shape index (κ3) is 2.19. The normalized spacial score (nSPS) is 21.8. The minimum atomic E-state index is -1.63. The van der Waals surface area contributed by atoms with Gasteiger partial charge in [-0.25, -0.2) is 4.79 Å². The summed E-state index contributed by atoms with van der Waals surface area (Å²) in [6, 6.07) is 0. The highest BCUT2D eigenvalue weighted by molar-refractivity contribution is 5.58. The number of hydrogen-bond donors (Lipinski definition) is 0. The molecule has 2 nitrogen and oxygen atoms in total. The highest BCUT2D eigenvalue weighted by atomic mass is 19.1. The molecule has 0 aromatic heterocycles. The lowest BCUT2D eigenvalue weighted by Crippen LogP contribution is -2.35. The first kappa shape index (κ1) is 9.49. The van der Waals surface area contributed by atoms with E-state index in [1.165, 1.54) is 6.42 Å².